The molecule has 2 heteroatoms. The fraction of sp³-hybridized carbons (Fsp3) is 1.00. The van der Waals surface area contributed by atoms with Crippen LogP contribution in [0.15, 0.2) is 0 Å². The zero-order chi connectivity index (χ0) is 7.11. The van der Waals surface area contributed by atoms with Gasteiger partial charge in [-0.05, 0) is 32.4 Å². The summed E-state index contributed by atoms with van der Waals surface area (Å²) in [4.78, 5) is 0. The zero-order valence-corrected chi connectivity index (χ0v) is 7.16. The SMILES string of the molecule is CC1CCCCO1.CS. The van der Waals surface area contributed by atoms with Crippen molar-refractivity contribution in [1.82, 2.24) is 0 Å². The molecule has 0 aromatic carbocycles. The normalized spacial score (nSPS) is 26.3. The van der Waals surface area contributed by atoms with E-state index in [2.05, 4.69) is 19.6 Å². The van der Waals surface area contributed by atoms with Crippen molar-refractivity contribution in [3.8, 4) is 0 Å². The molecule has 1 nitrogen and oxygen atoms in total. The average Bonchev–Trinajstić information content (AvgIpc) is 1.94. The van der Waals surface area contributed by atoms with E-state index >= 15 is 0 Å². The Morgan fingerprint density at radius 3 is 2.22 bits per heavy atom. The van der Waals surface area contributed by atoms with Gasteiger partial charge in [0.05, 0.1) is 6.10 Å². The van der Waals surface area contributed by atoms with Gasteiger partial charge in [-0.25, -0.2) is 0 Å². The standard InChI is InChI=1S/C6H12O.CH4S/c1-6-4-2-3-5-7-6;1-2/h6H,2-5H2,1H3;2H,1H3. The van der Waals surface area contributed by atoms with Crippen LogP contribution in [0.4, 0.5) is 0 Å². The lowest BCUT2D eigenvalue weighted by Crippen LogP contribution is -2.14. The summed E-state index contributed by atoms with van der Waals surface area (Å²) in [6, 6.07) is 0. The highest BCUT2D eigenvalue weighted by Gasteiger charge is 2.05. The highest BCUT2D eigenvalue weighted by atomic mass is 32.1. The van der Waals surface area contributed by atoms with Gasteiger partial charge in [-0.3, -0.25) is 0 Å². The summed E-state index contributed by atoms with van der Waals surface area (Å²) in [6.07, 6.45) is 6.12. The van der Waals surface area contributed by atoms with Crippen LogP contribution in [0, 0.1) is 0 Å². The summed E-state index contributed by atoms with van der Waals surface area (Å²) in [7, 11) is 0. The molecule has 1 heterocycles. The summed E-state index contributed by atoms with van der Waals surface area (Å²) in [5.41, 5.74) is 0. The van der Waals surface area contributed by atoms with Gasteiger partial charge in [-0.2, -0.15) is 12.6 Å². The van der Waals surface area contributed by atoms with Crippen molar-refractivity contribution in [3.05, 3.63) is 0 Å². The van der Waals surface area contributed by atoms with Crippen LogP contribution in [-0.4, -0.2) is 19.0 Å². The predicted molar refractivity (Wildman–Crippen MR) is 44.2 cm³/mol. The van der Waals surface area contributed by atoms with Crippen LogP contribution in [-0.2, 0) is 4.74 Å². The van der Waals surface area contributed by atoms with E-state index in [0.29, 0.717) is 6.10 Å². The lowest BCUT2D eigenvalue weighted by Gasteiger charge is -2.17. The number of thiol groups is 1. The summed E-state index contributed by atoms with van der Waals surface area (Å²) in [6.45, 7) is 3.13. The van der Waals surface area contributed by atoms with Crippen molar-refractivity contribution in [3.63, 3.8) is 0 Å². The minimum atomic E-state index is 0.536. The summed E-state index contributed by atoms with van der Waals surface area (Å²) in [5, 5.41) is 0. The molecule has 1 fully saturated rings. The number of hydrogen-bond donors (Lipinski definition) is 1. The zero-order valence-electron chi connectivity index (χ0n) is 6.26. The van der Waals surface area contributed by atoms with E-state index in [1.807, 2.05) is 0 Å². The number of rotatable bonds is 0. The summed E-state index contributed by atoms with van der Waals surface area (Å²) < 4.78 is 5.28. The minimum absolute atomic E-state index is 0.536. The average molecular weight is 148 g/mol. The fourth-order valence-electron chi connectivity index (χ4n) is 0.902. The van der Waals surface area contributed by atoms with Gasteiger partial charge in [0.2, 0.25) is 0 Å². The van der Waals surface area contributed by atoms with E-state index in [0.717, 1.165) is 6.61 Å². The number of hydrogen-bond acceptors (Lipinski definition) is 2. The van der Waals surface area contributed by atoms with E-state index in [-0.39, 0.29) is 0 Å². The maximum Gasteiger partial charge on any atom is 0.0547 e. The molecule has 0 saturated carbocycles. The lowest BCUT2D eigenvalue weighted by molar-refractivity contribution is 0.0285. The molecule has 56 valence electrons. The van der Waals surface area contributed by atoms with Gasteiger partial charge >= 0.3 is 0 Å². The van der Waals surface area contributed by atoms with Gasteiger partial charge in [-0.1, -0.05) is 0 Å². The second-order valence-electron chi connectivity index (χ2n) is 2.18. The van der Waals surface area contributed by atoms with Crippen LogP contribution < -0.4 is 0 Å². The van der Waals surface area contributed by atoms with Crippen molar-refractivity contribution in [1.29, 1.82) is 0 Å². The Morgan fingerprint density at radius 1 is 1.33 bits per heavy atom. The molecule has 9 heavy (non-hydrogen) atoms. The van der Waals surface area contributed by atoms with Crippen LogP contribution in [0.5, 0.6) is 0 Å². The first-order chi connectivity index (χ1) is 4.39. The molecule has 0 amide bonds. The number of ether oxygens (including phenoxy) is 1. The lowest BCUT2D eigenvalue weighted by atomic mass is 10.1. The quantitative estimate of drug-likeness (QED) is 0.518. The third-order valence-corrected chi connectivity index (χ3v) is 1.41. The van der Waals surface area contributed by atoms with Gasteiger partial charge < -0.3 is 4.74 Å². The Hall–Kier alpha value is 0.310. The monoisotopic (exact) mass is 148 g/mol. The van der Waals surface area contributed by atoms with E-state index in [4.69, 9.17) is 4.74 Å². The van der Waals surface area contributed by atoms with E-state index in [1.54, 1.807) is 6.26 Å². The van der Waals surface area contributed by atoms with Gasteiger partial charge in [0.1, 0.15) is 0 Å². The molecule has 1 saturated heterocycles. The Labute approximate surface area is 63.2 Å². The third-order valence-electron chi connectivity index (χ3n) is 1.41. The highest BCUT2D eigenvalue weighted by Crippen LogP contribution is 2.10. The van der Waals surface area contributed by atoms with Crippen molar-refractivity contribution in [2.24, 2.45) is 0 Å². The molecule has 0 bridgehead atoms. The molecule has 0 radical (unpaired) electrons. The van der Waals surface area contributed by atoms with Gasteiger partial charge in [-0.15, -0.1) is 0 Å². The molecule has 0 aromatic rings. The van der Waals surface area contributed by atoms with Crippen LogP contribution in [0.3, 0.4) is 0 Å². The molecule has 0 spiro atoms. The van der Waals surface area contributed by atoms with Crippen molar-refractivity contribution >= 4 is 12.6 Å². The fourth-order valence-corrected chi connectivity index (χ4v) is 0.902. The van der Waals surface area contributed by atoms with Crippen LogP contribution >= 0.6 is 12.6 Å². The second-order valence-corrected chi connectivity index (χ2v) is 2.18. The maximum atomic E-state index is 5.28. The van der Waals surface area contributed by atoms with Crippen LogP contribution in [0.1, 0.15) is 26.2 Å². The molecule has 0 aromatic heterocycles. The molecule has 1 unspecified atom stereocenters. The Kier molecular flexibility index (Phi) is 6.65. The molecular weight excluding hydrogens is 132 g/mol. The van der Waals surface area contributed by atoms with E-state index < -0.39 is 0 Å². The first kappa shape index (κ1) is 9.31. The second kappa shape index (κ2) is 6.43. The molecule has 0 aliphatic carbocycles. The van der Waals surface area contributed by atoms with Gasteiger partial charge in [0.25, 0.3) is 0 Å². The predicted octanol–water partition coefficient (Wildman–Crippen LogP) is 2.12. The minimum Gasteiger partial charge on any atom is -0.379 e. The van der Waals surface area contributed by atoms with Crippen molar-refractivity contribution in [2.75, 3.05) is 12.9 Å². The Morgan fingerprint density at radius 2 is 2.00 bits per heavy atom. The first-order valence-corrected chi connectivity index (χ1v) is 4.35. The van der Waals surface area contributed by atoms with Crippen molar-refractivity contribution < 1.29 is 4.74 Å². The highest BCUT2D eigenvalue weighted by molar-refractivity contribution is 7.79. The van der Waals surface area contributed by atoms with Crippen LogP contribution in [0.2, 0.25) is 0 Å². The smallest absolute Gasteiger partial charge is 0.0547 e. The Balaban J connectivity index is 0.000000291. The van der Waals surface area contributed by atoms with Gasteiger partial charge in [0, 0.05) is 6.61 Å². The Bertz CT molecular complexity index is 50.9. The first-order valence-electron chi connectivity index (χ1n) is 3.46. The summed E-state index contributed by atoms with van der Waals surface area (Å²) in [5.74, 6) is 0. The maximum absolute atomic E-state index is 5.28. The largest absolute Gasteiger partial charge is 0.379 e. The van der Waals surface area contributed by atoms with Gasteiger partial charge in [0.15, 0.2) is 0 Å². The topological polar surface area (TPSA) is 9.23 Å². The molecule has 1 rings (SSSR count). The third kappa shape index (κ3) is 4.79. The molecule has 0 N–H and O–H groups in total. The molecule has 1 aliphatic heterocycles. The molecule has 1 atom stereocenters. The molecule has 1 aliphatic rings. The van der Waals surface area contributed by atoms with Crippen molar-refractivity contribution in [2.45, 2.75) is 32.3 Å². The van der Waals surface area contributed by atoms with E-state index in [9.17, 15) is 0 Å². The van der Waals surface area contributed by atoms with Crippen LogP contribution in [0.25, 0.3) is 0 Å². The molecular formula is C7H16OS. The van der Waals surface area contributed by atoms with E-state index in [1.165, 1.54) is 19.3 Å². The summed E-state index contributed by atoms with van der Waals surface area (Å²) >= 11 is 3.53.